The Balaban J connectivity index is 1.51. The zero-order valence-corrected chi connectivity index (χ0v) is 13.9. The van der Waals surface area contributed by atoms with Crippen LogP contribution in [0.1, 0.15) is 23.4 Å². The van der Waals surface area contributed by atoms with Crippen LogP contribution in [0.2, 0.25) is 0 Å². The predicted octanol–water partition coefficient (Wildman–Crippen LogP) is 2.19. The Morgan fingerprint density at radius 2 is 2.17 bits per heavy atom. The summed E-state index contributed by atoms with van der Waals surface area (Å²) in [5.41, 5.74) is 1.14. The van der Waals surface area contributed by atoms with Gasteiger partial charge in [0, 0.05) is 18.9 Å². The Kier molecular flexibility index (Phi) is 4.24. The number of hydrogen-bond donors (Lipinski definition) is 0. The predicted molar refractivity (Wildman–Crippen MR) is 87.6 cm³/mol. The zero-order valence-electron chi connectivity index (χ0n) is 13.1. The fourth-order valence-electron chi connectivity index (χ4n) is 3.42. The molecule has 4 rings (SSSR count). The largest absolute Gasteiger partial charge is 0.374 e. The Bertz CT molecular complexity index is 651. The van der Waals surface area contributed by atoms with Crippen LogP contribution >= 0.6 is 11.3 Å². The third kappa shape index (κ3) is 3.08. The van der Waals surface area contributed by atoms with Gasteiger partial charge >= 0.3 is 0 Å². The highest BCUT2D eigenvalue weighted by Gasteiger charge is 2.44. The van der Waals surface area contributed by atoms with Gasteiger partial charge in [-0.15, -0.1) is 10.2 Å². The SMILES string of the molecule is Cc1nnc(N2CCOC3CCC2C3OCc2ccncc2)s1. The van der Waals surface area contributed by atoms with Crippen LogP contribution in [0.15, 0.2) is 24.5 Å². The molecule has 0 radical (unpaired) electrons. The van der Waals surface area contributed by atoms with E-state index in [1.165, 1.54) is 0 Å². The van der Waals surface area contributed by atoms with Crippen LogP contribution < -0.4 is 4.90 Å². The van der Waals surface area contributed by atoms with Crippen molar-refractivity contribution >= 4 is 16.5 Å². The maximum Gasteiger partial charge on any atom is 0.208 e. The maximum atomic E-state index is 6.26. The lowest BCUT2D eigenvalue weighted by Crippen LogP contribution is -2.43. The lowest BCUT2D eigenvalue weighted by atomic mass is 10.1. The second-order valence-corrected chi connectivity index (χ2v) is 7.14. The Hall–Kier alpha value is -1.57. The first-order valence-corrected chi connectivity index (χ1v) is 8.82. The van der Waals surface area contributed by atoms with Crippen LogP contribution in [0, 0.1) is 6.92 Å². The van der Waals surface area contributed by atoms with Crippen molar-refractivity contribution in [1.29, 1.82) is 0 Å². The van der Waals surface area contributed by atoms with E-state index in [-0.39, 0.29) is 12.2 Å². The highest BCUT2D eigenvalue weighted by Crippen LogP contribution is 2.36. The summed E-state index contributed by atoms with van der Waals surface area (Å²) in [6.45, 7) is 4.15. The van der Waals surface area contributed by atoms with Gasteiger partial charge in [-0.05, 0) is 37.5 Å². The van der Waals surface area contributed by atoms with Crippen LogP contribution in [-0.4, -0.2) is 46.6 Å². The average molecular weight is 332 g/mol. The number of ether oxygens (including phenoxy) is 2. The smallest absolute Gasteiger partial charge is 0.208 e. The zero-order chi connectivity index (χ0) is 15.6. The maximum absolute atomic E-state index is 6.26. The molecule has 2 bridgehead atoms. The lowest BCUT2D eigenvalue weighted by molar-refractivity contribution is -0.0554. The molecule has 2 aromatic heterocycles. The summed E-state index contributed by atoms with van der Waals surface area (Å²) < 4.78 is 12.3. The van der Waals surface area contributed by atoms with E-state index in [2.05, 4.69) is 20.1 Å². The van der Waals surface area contributed by atoms with Crippen molar-refractivity contribution in [2.45, 2.75) is 44.6 Å². The molecule has 6 nitrogen and oxygen atoms in total. The first-order chi connectivity index (χ1) is 11.3. The summed E-state index contributed by atoms with van der Waals surface area (Å²) in [4.78, 5) is 6.38. The van der Waals surface area contributed by atoms with E-state index in [4.69, 9.17) is 9.47 Å². The molecule has 23 heavy (non-hydrogen) atoms. The minimum atomic E-state index is 0.0786. The van der Waals surface area contributed by atoms with Gasteiger partial charge in [0.15, 0.2) is 0 Å². The van der Waals surface area contributed by atoms with Gasteiger partial charge in [-0.1, -0.05) is 11.3 Å². The van der Waals surface area contributed by atoms with Gasteiger partial charge in [-0.2, -0.15) is 0 Å². The minimum absolute atomic E-state index is 0.0786. The van der Waals surface area contributed by atoms with E-state index in [0.717, 1.165) is 41.7 Å². The highest BCUT2D eigenvalue weighted by molar-refractivity contribution is 7.15. The number of pyridine rings is 1. The van der Waals surface area contributed by atoms with E-state index in [1.54, 1.807) is 23.7 Å². The molecular formula is C16H20N4O2S. The van der Waals surface area contributed by atoms with Crippen LogP contribution in [0.3, 0.4) is 0 Å². The van der Waals surface area contributed by atoms with Gasteiger partial charge in [0.1, 0.15) is 11.1 Å². The first-order valence-electron chi connectivity index (χ1n) is 8.00. The Morgan fingerprint density at radius 3 is 2.96 bits per heavy atom. The summed E-state index contributed by atoms with van der Waals surface area (Å²) >= 11 is 1.64. The lowest BCUT2D eigenvalue weighted by Gasteiger charge is -2.30. The van der Waals surface area contributed by atoms with Crippen molar-refractivity contribution in [3.05, 3.63) is 35.1 Å². The standard InChI is InChI=1S/C16H20N4O2S/c1-11-18-19-16(23-11)20-8-9-21-14-3-2-13(20)15(14)22-10-12-4-6-17-7-5-12/h4-7,13-15H,2-3,8-10H2,1H3. The van der Waals surface area contributed by atoms with Gasteiger partial charge < -0.3 is 14.4 Å². The molecule has 1 saturated carbocycles. The van der Waals surface area contributed by atoms with Crippen molar-refractivity contribution in [1.82, 2.24) is 15.2 Å². The number of nitrogens with zero attached hydrogens (tertiary/aromatic N) is 4. The molecule has 1 saturated heterocycles. The summed E-state index contributed by atoms with van der Waals surface area (Å²) in [7, 11) is 0. The molecule has 1 aliphatic carbocycles. The van der Waals surface area contributed by atoms with Crippen molar-refractivity contribution in [3.63, 3.8) is 0 Å². The first kappa shape index (κ1) is 15.0. The van der Waals surface area contributed by atoms with Crippen LogP contribution in [0.4, 0.5) is 5.13 Å². The molecule has 2 aromatic rings. The van der Waals surface area contributed by atoms with Crippen molar-refractivity contribution in [3.8, 4) is 0 Å². The molecule has 2 aliphatic rings. The Morgan fingerprint density at radius 1 is 1.30 bits per heavy atom. The molecular weight excluding hydrogens is 312 g/mol. The fraction of sp³-hybridized carbons (Fsp3) is 0.562. The van der Waals surface area contributed by atoms with Crippen LogP contribution in [0.25, 0.3) is 0 Å². The number of fused-ring (bicyclic) bond motifs is 2. The van der Waals surface area contributed by atoms with E-state index < -0.39 is 0 Å². The molecule has 3 unspecified atom stereocenters. The molecule has 2 fully saturated rings. The quantitative estimate of drug-likeness (QED) is 0.855. The van der Waals surface area contributed by atoms with Gasteiger partial charge in [0.25, 0.3) is 0 Å². The normalized spacial score (nSPS) is 27.2. The summed E-state index contributed by atoms with van der Waals surface area (Å²) in [6, 6.07) is 4.30. The van der Waals surface area contributed by atoms with E-state index in [1.807, 2.05) is 19.1 Å². The molecule has 0 N–H and O–H groups in total. The topological polar surface area (TPSA) is 60.4 Å². The summed E-state index contributed by atoms with van der Waals surface area (Å²) in [5, 5.41) is 10.5. The number of rotatable bonds is 4. The van der Waals surface area contributed by atoms with Crippen molar-refractivity contribution in [2.75, 3.05) is 18.1 Å². The molecule has 122 valence electrons. The monoisotopic (exact) mass is 332 g/mol. The average Bonchev–Trinajstić information content (AvgIpc) is 3.10. The Labute approximate surface area is 139 Å². The minimum Gasteiger partial charge on any atom is -0.374 e. The number of hydrogen-bond acceptors (Lipinski definition) is 7. The molecule has 3 atom stereocenters. The van der Waals surface area contributed by atoms with Crippen LogP contribution in [0.5, 0.6) is 0 Å². The number of aryl methyl sites for hydroxylation is 1. The third-order valence-electron chi connectivity index (χ3n) is 4.51. The van der Waals surface area contributed by atoms with Crippen molar-refractivity contribution in [2.24, 2.45) is 0 Å². The van der Waals surface area contributed by atoms with Crippen LogP contribution in [-0.2, 0) is 16.1 Å². The van der Waals surface area contributed by atoms with Gasteiger partial charge in [-0.25, -0.2) is 0 Å². The molecule has 0 spiro atoms. The van der Waals surface area contributed by atoms with Gasteiger partial charge in [0.05, 0.1) is 25.4 Å². The molecule has 1 aliphatic heterocycles. The second kappa shape index (κ2) is 6.51. The van der Waals surface area contributed by atoms with Gasteiger partial charge in [-0.3, -0.25) is 4.98 Å². The molecule has 0 aromatic carbocycles. The van der Waals surface area contributed by atoms with E-state index in [9.17, 15) is 0 Å². The second-order valence-electron chi connectivity index (χ2n) is 5.98. The summed E-state index contributed by atoms with van der Waals surface area (Å²) in [6.07, 6.45) is 5.97. The van der Waals surface area contributed by atoms with E-state index >= 15 is 0 Å². The molecule has 7 heteroatoms. The number of aromatic nitrogens is 3. The molecule has 0 amide bonds. The number of anilines is 1. The summed E-state index contributed by atoms with van der Waals surface area (Å²) in [5.74, 6) is 0. The van der Waals surface area contributed by atoms with E-state index in [0.29, 0.717) is 12.6 Å². The third-order valence-corrected chi connectivity index (χ3v) is 5.39. The highest BCUT2D eigenvalue weighted by atomic mass is 32.1. The fourth-order valence-corrected chi connectivity index (χ4v) is 4.19. The van der Waals surface area contributed by atoms with Gasteiger partial charge in [0.2, 0.25) is 5.13 Å². The molecule has 3 heterocycles. The van der Waals surface area contributed by atoms with Crippen molar-refractivity contribution < 1.29 is 9.47 Å².